The smallest absolute Gasteiger partial charge is 0.456 e. The summed E-state index contributed by atoms with van der Waals surface area (Å²) in [6.45, 7) is 17.7. The molecule has 0 fully saturated rings. The Morgan fingerprint density at radius 3 is 1.67 bits per heavy atom. The Hall–Kier alpha value is -3.60. The van der Waals surface area contributed by atoms with Crippen LogP contribution in [-0.2, 0) is 29.0 Å². The van der Waals surface area contributed by atoms with Gasteiger partial charge in [-0.15, -0.1) is 11.8 Å². The van der Waals surface area contributed by atoms with Crippen molar-refractivity contribution in [3.63, 3.8) is 0 Å². The van der Waals surface area contributed by atoms with Gasteiger partial charge in [0, 0.05) is 62.7 Å². The number of aliphatic hydroxyl groups is 1. The zero-order valence-corrected chi connectivity index (χ0v) is 44.1. The highest BCUT2D eigenvalue weighted by Gasteiger charge is 2.55. The maximum Gasteiger partial charge on any atom is 0.471 e. The number of nitrogens with zero attached hydrogens (tertiary/aromatic N) is 4. The van der Waals surface area contributed by atoms with Crippen LogP contribution in [0.1, 0.15) is 109 Å². The van der Waals surface area contributed by atoms with Crippen molar-refractivity contribution in [2.45, 2.75) is 129 Å². The molecule has 3 aromatic carbocycles. The Balaban J connectivity index is 1.65. The van der Waals surface area contributed by atoms with E-state index in [0.717, 1.165) is 11.8 Å². The number of ether oxygens (including phenoxy) is 2. The first-order chi connectivity index (χ1) is 32.4. The lowest BCUT2D eigenvalue weighted by Crippen LogP contribution is -2.54. The van der Waals surface area contributed by atoms with E-state index in [4.69, 9.17) is 53.3 Å². The number of nitriles is 1. The van der Waals surface area contributed by atoms with Crippen molar-refractivity contribution in [1.82, 2.24) is 4.67 Å². The van der Waals surface area contributed by atoms with Gasteiger partial charge in [-0.25, -0.2) is 4.67 Å². The molecule has 1 N–H and O–H groups in total. The zero-order valence-electron chi connectivity index (χ0n) is 40.1. The lowest BCUT2D eigenvalue weighted by molar-refractivity contribution is -0.171. The van der Waals surface area contributed by atoms with Crippen molar-refractivity contribution in [2.24, 2.45) is 0 Å². The Morgan fingerprint density at radius 1 is 0.800 bits per heavy atom. The van der Waals surface area contributed by atoms with Crippen molar-refractivity contribution < 1.29 is 59.6 Å². The van der Waals surface area contributed by atoms with Gasteiger partial charge in [-0.1, -0.05) is 47.0 Å². The Bertz CT molecular complexity index is 2580. The molecular formula is C48H52Cl3F6N4O7PS. The van der Waals surface area contributed by atoms with Gasteiger partial charge in [0.1, 0.15) is 18.3 Å². The molecule has 11 nitrogen and oxygen atoms in total. The predicted molar refractivity (Wildman–Crippen MR) is 262 cm³/mol. The molecule has 0 radical (unpaired) electrons. The summed E-state index contributed by atoms with van der Waals surface area (Å²) in [6.07, 6.45) is -7.53. The fourth-order valence-corrected chi connectivity index (χ4v) is 13.3. The van der Waals surface area contributed by atoms with Gasteiger partial charge in [0.2, 0.25) is 0 Å². The number of anilines is 2. The van der Waals surface area contributed by atoms with Gasteiger partial charge in [0.15, 0.2) is 5.60 Å². The molecule has 1 atom stereocenters. The molecule has 3 aromatic rings. The molecule has 6 rings (SSSR count). The first-order valence-electron chi connectivity index (χ1n) is 21.9. The minimum absolute atomic E-state index is 0.0108. The molecule has 0 saturated heterocycles. The molecule has 0 bridgehead atoms. The number of allylic oxidation sites excluding steroid dienone is 2. The van der Waals surface area contributed by atoms with Gasteiger partial charge in [-0.05, 0) is 105 Å². The first kappa shape index (κ1) is 55.7. The molecule has 3 heterocycles. The molecule has 0 saturated carbocycles. The lowest BCUT2D eigenvalue weighted by atomic mass is 9.73. The monoisotopic (exact) mass is 1080 g/mol. The van der Waals surface area contributed by atoms with Crippen LogP contribution < -0.4 is 14.5 Å². The standard InChI is InChI=1S/C48H52Cl3F6N4O7PS/c1-24(2)61(25(3)4)69(66-14-12-13-58)67-15-16-70-41-39(50)37(28(7)38(49)40(41)51)46(65-23-62)31-17-29-26(5)21-44(8,9)59(42(63)47(52,53)54)33(29)19-35(31)68-36-20-34-30(18-32(36)46)27(6)22-45(10,11)60(34)43(64)48(55,56)57/h17-22,24-25,62H,12,14-16,23H2,1-11H3. The molecule has 0 aliphatic carbocycles. The lowest BCUT2D eigenvalue weighted by Gasteiger charge is -2.46. The number of hydrogen-bond acceptors (Lipinski definition) is 10. The highest BCUT2D eigenvalue weighted by Crippen LogP contribution is 2.61. The van der Waals surface area contributed by atoms with Crippen molar-refractivity contribution in [3.05, 3.63) is 84.9 Å². The molecule has 0 spiro atoms. The summed E-state index contributed by atoms with van der Waals surface area (Å²) in [7, 11) is -1.63. The quantitative estimate of drug-likeness (QED) is 0.0417. The van der Waals surface area contributed by atoms with Crippen LogP contribution in [0.2, 0.25) is 15.1 Å². The zero-order chi connectivity index (χ0) is 52.4. The molecular weight excluding hydrogens is 1030 g/mol. The minimum Gasteiger partial charge on any atom is -0.456 e. The Morgan fingerprint density at radius 2 is 1.26 bits per heavy atom. The largest absolute Gasteiger partial charge is 0.471 e. The fourth-order valence-electron chi connectivity index (χ4n) is 9.54. The summed E-state index contributed by atoms with van der Waals surface area (Å²) in [4.78, 5) is 28.0. The number of rotatable bonds is 14. The van der Waals surface area contributed by atoms with Crippen LogP contribution in [0.15, 0.2) is 41.3 Å². The topological polar surface area (TPSA) is 125 Å². The van der Waals surface area contributed by atoms with Gasteiger partial charge < -0.3 is 23.6 Å². The predicted octanol–water partition coefficient (Wildman–Crippen LogP) is 13.9. The summed E-state index contributed by atoms with van der Waals surface area (Å²) in [5.74, 6) is -4.65. The average Bonchev–Trinajstić information content (AvgIpc) is 3.23. The number of benzene rings is 3. The average molecular weight is 1080 g/mol. The summed E-state index contributed by atoms with van der Waals surface area (Å²) >= 11 is 22.8. The number of halogens is 9. The Labute approximate surface area is 423 Å². The molecule has 380 valence electrons. The van der Waals surface area contributed by atoms with Crippen LogP contribution in [0.5, 0.6) is 11.5 Å². The highest BCUT2D eigenvalue weighted by molar-refractivity contribution is 7.99. The first-order valence-corrected chi connectivity index (χ1v) is 25.2. The van der Waals surface area contributed by atoms with E-state index in [9.17, 15) is 46.3 Å². The number of fused-ring (bicyclic) bond motifs is 4. The van der Waals surface area contributed by atoms with E-state index in [0.29, 0.717) is 20.9 Å². The van der Waals surface area contributed by atoms with Crippen LogP contribution in [0.4, 0.5) is 37.7 Å². The number of hydrogen-bond donors (Lipinski definition) is 1. The maximum absolute atomic E-state index is 14.4. The molecule has 22 heteroatoms. The fraction of sp³-hybridized carbons (Fsp3) is 0.479. The third kappa shape index (κ3) is 10.1. The maximum atomic E-state index is 14.4. The summed E-state index contributed by atoms with van der Waals surface area (Å²) < 4.78 is 114. The number of alkyl halides is 6. The van der Waals surface area contributed by atoms with Gasteiger partial charge >= 0.3 is 24.2 Å². The number of aliphatic hydroxyl groups excluding tert-OH is 1. The van der Waals surface area contributed by atoms with Crippen LogP contribution >= 0.6 is 55.1 Å². The molecule has 2 amide bonds. The number of thioether (sulfide) groups is 1. The van der Waals surface area contributed by atoms with Gasteiger partial charge in [-0.3, -0.25) is 19.4 Å². The normalized spacial score (nSPS) is 17.3. The van der Waals surface area contributed by atoms with E-state index in [-0.39, 0.29) is 114 Å². The molecule has 1 unspecified atom stereocenters. The number of amides is 2. The van der Waals surface area contributed by atoms with Crippen molar-refractivity contribution >= 4 is 89.4 Å². The van der Waals surface area contributed by atoms with E-state index in [1.54, 1.807) is 20.8 Å². The molecule has 0 aromatic heterocycles. The van der Waals surface area contributed by atoms with Crippen LogP contribution in [0, 0.1) is 18.3 Å². The van der Waals surface area contributed by atoms with Crippen LogP contribution in [0.25, 0.3) is 11.1 Å². The van der Waals surface area contributed by atoms with E-state index >= 15 is 0 Å². The van der Waals surface area contributed by atoms with E-state index in [1.165, 1.54) is 64.1 Å². The van der Waals surface area contributed by atoms with Gasteiger partial charge in [-0.2, -0.15) is 31.6 Å². The summed E-state index contributed by atoms with van der Waals surface area (Å²) in [5.41, 5.74) is -4.15. The SMILES string of the molecule is CC1=CC(C)(C)N(C(=O)C(F)(F)F)c2cc3c(cc21)C(OCO)(c1c(C)c(Cl)c(Cl)c(SCCOP(OCCC#N)N(C(C)C)C(C)C)c1Cl)c1cc2c(cc1O3)N(C(=O)C(F)(F)F)C(C)(C)C=C2C. The number of carbonyl (C=O) groups is 2. The highest BCUT2D eigenvalue weighted by atomic mass is 35.5. The number of carbonyl (C=O) groups excluding carboxylic acids is 2. The Kier molecular flexibility index (Phi) is 16.2. The minimum atomic E-state index is -5.33. The van der Waals surface area contributed by atoms with Crippen LogP contribution in [0.3, 0.4) is 0 Å². The van der Waals surface area contributed by atoms with Crippen molar-refractivity contribution in [3.8, 4) is 17.6 Å². The second-order valence-corrected chi connectivity index (χ2v) is 22.2. The van der Waals surface area contributed by atoms with Crippen molar-refractivity contribution in [2.75, 3.05) is 35.6 Å². The molecule has 3 aliphatic rings. The molecule has 3 aliphatic heterocycles. The second kappa shape index (κ2) is 20.4. The van der Waals surface area contributed by atoms with Crippen LogP contribution in [-0.4, -0.2) is 82.9 Å². The molecule has 70 heavy (non-hydrogen) atoms. The van der Waals surface area contributed by atoms with E-state index in [2.05, 4.69) is 10.7 Å². The summed E-state index contributed by atoms with van der Waals surface area (Å²) in [6, 6.07) is 7.40. The van der Waals surface area contributed by atoms with Gasteiger partial charge in [0.25, 0.3) is 8.53 Å². The summed E-state index contributed by atoms with van der Waals surface area (Å²) in [5, 5.41) is 20.2. The van der Waals surface area contributed by atoms with E-state index < -0.39 is 56.2 Å². The second-order valence-electron chi connectivity index (χ2n) is 18.5. The van der Waals surface area contributed by atoms with Crippen molar-refractivity contribution in [1.29, 1.82) is 5.26 Å². The van der Waals surface area contributed by atoms with Gasteiger partial charge in [0.05, 0.1) is 63.2 Å². The van der Waals surface area contributed by atoms with E-state index in [1.807, 2.05) is 27.7 Å². The third-order valence-electron chi connectivity index (χ3n) is 12.0. The third-order valence-corrected chi connectivity index (χ3v) is 16.8.